The second kappa shape index (κ2) is 5.11. The van der Waals surface area contributed by atoms with Crippen molar-refractivity contribution in [2.75, 3.05) is 10.5 Å². The van der Waals surface area contributed by atoms with E-state index in [2.05, 4.69) is 4.72 Å². The van der Waals surface area contributed by atoms with Crippen LogP contribution >= 0.6 is 0 Å². The fourth-order valence-electron chi connectivity index (χ4n) is 1.10. The van der Waals surface area contributed by atoms with Crippen molar-refractivity contribution >= 4 is 15.7 Å². The zero-order chi connectivity index (χ0) is 11.3. The monoisotopic (exact) mass is 231 g/mol. The number of hydrogen-bond donors (Lipinski definition) is 1. The minimum Gasteiger partial charge on any atom is -0.281 e. The Hall–Kier alpha value is -1.10. The third kappa shape index (κ3) is 3.87. The van der Waals surface area contributed by atoms with Gasteiger partial charge in [-0.1, -0.05) is 25.5 Å². The fourth-order valence-corrected chi connectivity index (χ4v) is 2.37. The van der Waals surface area contributed by atoms with Crippen LogP contribution in [-0.2, 0) is 10.0 Å². The molecule has 0 bridgehead atoms. The van der Waals surface area contributed by atoms with Gasteiger partial charge in [-0.15, -0.1) is 0 Å². The van der Waals surface area contributed by atoms with Gasteiger partial charge < -0.3 is 0 Å². The lowest BCUT2D eigenvalue weighted by molar-refractivity contribution is 0.595. The van der Waals surface area contributed by atoms with Crippen molar-refractivity contribution in [1.82, 2.24) is 0 Å². The minimum absolute atomic E-state index is 0.00797. The molecular weight excluding hydrogens is 217 g/mol. The number of sulfonamides is 1. The van der Waals surface area contributed by atoms with E-state index >= 15 is 0 Å². The third-order valence-electron chi connectivity index (χ3n) is 1.91. The number of rotatable bonds is 5. The summed E-state index contributed by atoms with van der Waals surface area (Å²) in [6, 6.07) is 5.72. The summed E-state index contributed by atoms with van der Waals surface area (Å²) in [5.41, 5.74) is 0.00797. The smallest absolute Gasteiger partial charge is 0.232 e. The van der Waals surface area contributed by atoms with Crippen LogP contribution in [0.4, 0.5) is 10.1 Å². The van der Waals surface area contributed by atoms with Gasteiger partial charge in [0.15, 0.2) is 0 Å². The van der Waals surface area contributed by atoms with Crippen LogP contribution in [0, 0.1) is 5.82 Å². The molecule has 84 valence electrons. The molecule has 1 rings (SSSR count). The van der Waals surface area contributed by atoms with Crippen molar-refractivity contribution in [1.29, 1.82) is 0 Å². The molecule has 0 amide bonds. The number of anilines is 1. The van der Waals surface area contributed by atoms with Crippen molar-refractivity contribution in [3.8, 4) is 0 Å². The van der Waals surface area contributed by atoms with Crippen molar-refractivity contribution in [3.05, 3.63) is 30.1 Å². The lowest BCUT2D eigenvalue weighted by atomic mass is 10.3. The number of para-hydroxylation sites is 1. The van der Waals surface area contributed by atoms with Gasteiger partial charge in [-0.25, -0.2) is 12.8 Å². The summed E-state index contributed by atoms with van der Waals surface area (Å²) in [5, 5.41) is 0. The highest BCUT2D eigenvalue weighted by atomic mass is 32.2. The first kappa shape index (κ1) is 12.0. The van der Waals surface area contributed by atoms with Crippen LogP contribution in [0.5, 0.6) is 0 Å². The Morgan fingerprint density at radius 1 is 1.33 bits per heavy atom. The Labute approximate surface area is 89.4 Å². The molecule has 0 spiro atoms. The van der Waals surface area contributed by atoms with E-state index in [4.69, 9.17) is 0 Å². The van der Waals surface area contributed by atoms with Crippen LogP contribution < -0.4 is 4.72 Å². The Morgan fingerprint density at radius 2 is 2.00 bits per heavy atom. The first-order valence-corrected chi connectivity index (χ1v) is 6.45. The lowest BCUT2D eigenvalue weighted by Gasteiger charge is -2.07. The molecule has 0 aliphatic rings. The summed E-state index contributed by atoms with van der Waals surface area (Å²) in [6.07, 6.45) is 1.36. The van der Waals surface area contributed by atoms with Gasteiger partial charge in [0.2, 0.25) is 10.0 Å². The Bertz CT molecular complexity index is 417. The Kier molecular flexibility index (Phi) is 4.08. The van der Waals surface area contributed by atoms with Gasteiger partial charge in [0.25, 0.3) is 0 Å². The first-order valence-electron chi connectivity index (χ1n) is 4.80. The number of benzene rings is 1. The number of unbranched alkanes of at least 4 members (excludes halogenated alkanes) is 1. The van der Waals surface area contributed by atoms with E-state index in [1.54, 1.807) is 6.07 Å². The molecule has 0 heterocycles. The Morgan fingerprint density at radius 3 is 2.60 bits per heavy atom. The maximum atomic E-state index is 13.1. The Balaban J connectivity index is 2.74. The number of halogens is 1. The predicted molar refractivity (Wildman–Crippen MR) is 58.7 cm³/mol. The van der Waals surface area contributed by atoms with E-state index in [9.17, 15) is 12.8 Å². The molecule has 1 aromatic carbocycles. The summed E-state index contributed by atoms with van der Waals surface area (Å²) < 4.78 is 38.2. The lowest BCUT2D eigenvalue weighted by Crippen LogP contribution is -2.17. The quantitative estimate of drug-likeness (QED) is 0.845. The third-order valence-corrected chi connectivity index (χ3v) is 3.26. The molecule has 0 saturated heterocycles. The molecule has 5 heteroatoms. The van der Waals surface area contributed by atoms with Gasteiger partial charge in [-0.2, -0.15) is 0 Å². The van der Waals surface area contributed by atoms with Crippen LogP contribution in [-0.4, -0.2) is 14.2 Å². The number of hydrogen-bond acceptors (Lipinski definition) is 2. The minimum atomic E-state index is -3.41. The molecule has 0 aromatic heterocycles. The second-order valence-electron chi connectivity index (χ2n) is 3.25. The maximum absolute atomic E-state index is 13.1. The van der Waals surface area contributed by atoms with Crippen LogP contribution in [0.2, 0.25) is 0 Å². The van der Waals surface area contributed by atoms with Gasteiger partial charge in [-0.05, 0) is 18.6 Å². The maximum Gasteiger partial charge on any atom is 0.232 e. The van der Waals surface area contributed by atoms with Gasteiger partial charge in [-0.3, -0.25) is 4.72 Å². The average molecular weight is 231 g/mol. The zero-order valence-corrected chi connectivity index (χ0v) is 9.35. The molecule has 0 radical (unpaired) electrons. The van der Waals surface area contributed by atoms with Gasteiger partial charge in [0, 0.05) is 0 Å². The van der Waals surface area contributed by atoms with E-state index in [0.29, 0.717) is 6.42 Å². The molecular formula is C10H14FNO2S. The molecule has 1 aromatic rings. The van der Waals surface area contributed by atoms with Crippen molar-refractivity contribution in [2.24, 2.45) is 0 Å². The fraction of sp³-hybridized carbons (Fsp3) is 0.400. The molecule has 15 heavy (non-hydrogen) atoms. The summed E-state index contributed by atoms with van der Waals surface area (Å²) >= 11 is 0. The van der Waals surface area contributed by atoms with Crippen molar-refractivity contribution in [3.63, 3.8) is 0 Å². The molecule has 0 atom stereocenters. The van der Waals surface area contributed by atoms with Crippen molar-refractivity contribution in [2.45, 2.75) is 19.8 Å². The predicted octanol–water partition coefficient (Wildman–Crippen LogP) is 2.37. The molecule has 0 unspecified atom stereocenters. The first-order chi connectivity index (χ1) is 7.05. The van der Waals surface area contributed by atoms with E-state index in [1.165, 1.54) is 18.2 Å². The van der Waals surface area contributed by atoms with Gasteiger partial charge >= 0.3 is 0 Å². The molecule has 0 saturated carbocycles. The van der Waals surface area contributed by atoms with Crippen molar-refractivity contribution < 1.29 is 12.8 Å². The highest BCUT2D eigenvalue weighted by Crippen LogP contribution is 2.14. The van der Waals surface area contributed by atoms with Crippen LogP contribution in [0.25, 0.3) is 0 Å². The second-order valence-corrected chi connectivity index (χ2v) is 5.10. The highest BCUT2D eigenvalue weighted by Gasteiger charge is 2.11. The zero-order valence-electron chi connectivity index (χ0n) is 8.53. The molecule has 0 aliphatic heterocycles. The molecule has 0 fully saturated rings. The van der Waals surface area contributed by atoms with Gasteiger partial charge in [0.1, 0.15) is 5.82 Å². The molecule has 0 aliphatic carbocycles. The largest absolute Gasteiger partial charge is 0.281 e. The normalized spacial score (nSPS) is 11.3. The van der Waals surface area contributed by atoms with E-state index in [0.717, 1.165) is 6.42 Å². The summed E-state index contributed by atoms with van der Waals surface area (Å²) in [5.74, 6) is -0.532. The average Bonchev–Trinajstić information content (AvgIpc) is 2.18. The number of nitrogens with one attached hydrogen (secondary N) is 1. The van der Waals surface area contributed by atoms with E-state index < -0.39 is 15.8 Å². The van der Waals surface area contributed by atoms with Crippen LogP contribution in [0.15, 0.2) is 24.3 Å². The summed E-state index contributed by atoms with van der Waals surface area (Å²) in [7, 11) is -3.41. The van der Waals surface area contributed by atoms with Crippen LogP contribution in [0.3, 0.4) is 0 Å². The topological polar surface area (TPSA) is 46.2 Å². The van der Waals surface area contributed by atoms with Crippen LogP contribution in [0.1, 0.15) is 19.8 Å². The summed E-state index contributed by atoms with van der Waals surface area (Å²) in [4.78, 5) is 0. The SMILES string of the molecule is CCCCS(=O)(=O)Nc1ccccc1F. The van der Waals surface area contributed by atoms with E-state index in [1.807, 2.05) is 6.92 Å². The van der Waals surface area contributed by atoms with Gasteiger partial charge in [0.05, 0.1) is 11.4 Å². The summed E-state index contributed by atoms with van der Waals surface area (Å²) in [6.45, 7) is 1.90. The molecule has 3 nitrogen and oxygen atoms in total. The van der Waals surface area contributed by atoms with E-state index in [-0.39, 0.29) is 11.4 Å². The molecule has 1 N–H and O–H groups in total. The standard InChI is InChI=1S/C10H14FNO2S/c1-2-3-8-15(13,14)12-10-7-5-4-6-9(10)11/h4-7,12H,2-3,8H2,1H3. The highest BCUT2D eigenvalue weighted by molar-refractivity contribution is 7.92.